The number of rotatable bonds is 12. The second kappa shape index (κ2) is 15.7. The average molecular weight is 573 g/mol. The molecule has 0 amide bonds. The molecule has 0 aromatic heterocycles. The van der Waals surface area contributed by atoms with Gasteiger partial charge in [-0.05, 0) is 150 Å². The smallest absolute Gasteiger partial charge is 0.0452 e. The Balaban J connectivity index is 0.000000420. The van der Waals surface area contributed by atoms with Gasteiger partial charge in [0.2, 0.25) is 0 Å². The van der Waals surface area contributed by atoms with Crippen LogP contribution in [-0.4, -0.2) is 14.1 Å². The lowest BCUT2D eigenvalue weighted by atomic mass is 9.83. The molecule has 2 aromatic rings. The number of benzene rings is 2. The molecule has 0 aliphatic heterocycles. The van der Waals surface area contributed by atoms with Crippen LogP contribution in [0.15, 0.2) is 49.1 Å². The highest BCUT2D eigenvalue weighted by atomic mass is 14.9. The second-order valence-electron chi connectivity index (χ2n) is 12.3. The summed E-state index contributed by atoms with van der Waals surface area (Å²) in [5, 5.41) is 13.2. The van der Waals surface area contributed by atoms with Crippen LogP contribution in [0.3, 0.4) is 0 Å². The van der Waals surface area contributed by atoms with Gasteiger partial charge in [-0.2, -0.15) is 0 Å². The molecule has 0 saturated carbocycles. The molecule has 0 aliphatic rings. The third-order valence-corrected chi connectivity index (χ3v) is 8.89. The van der Waals surface area contributed by atoms with Gasteiger partial charge < -0.3 is 21.3 Å². The zero-order chi connectivity index (χ0) is 32.6. The summed E-state index contributed by atoms with van der Waals surface area (Å²) in [4.78, 5) is 0. The minimum absolute atomic E-state index is 0.407. The SMILES string of the molecule is C=C(C)Nc1c(C)c(C)c(C(C)CC(=C)NC)c(C)c1C.C=C(C)Nc1c(C)c(C)c(C)c(C)c1C(C)CC(=C)NC. The molecule has 232 valence electrons. The summed E-state index contributed by atoms with van der Waals surface area (Å²) in [6.07, 6.45) is 1.90. The fourth-order valence-electron chi connectivity index (χ4n) is 5.96. The molecule has 42 heavy (non-hydrogen) atoms. The third kappa shape index (κ3) is 8.80. The monoisotopic (exact) mass is 572 g/mol. The normalized spacial score (nSPS) is 12.0. The van der Waals surface area contributed by atoms with Gasteiger partial charge in [-0.25, -0.2) is 0 Å². The minimum atomic E-state index is 0.407. The van der Waals surface area contributed by atoms with Gasteiger partial charge in [-0.15, -0.1) is 0 Å². The van der Waals surface area contributed by atoms with E-state index in [4.69, 9.17) is 0 Å². The van der Waals surface area contributed by atoms with Crippen LogP contribution in [0, 0.1) is 55.4 Å². The molecule has 4 heteroatoms. The van der Waals surface area contributed by atoms with Crippen molar-refractivity contribution >= 4 is 11.4 Å². The van der Waals surface area contributed by atoms with Crippen molar-refractivity contribution in [2.45, 2.75) is 108 Å². The van der Waals surface area contributed by atoms with E-state index >= 15 is 0 Å². The van der Waals surface area contributed by atoms with Crippen LogP contribution < -0.4 is 21.3 Å². The number of anilines is 2. The number of nitrogens with one attached hydrogen (secondary N) is 4. The summed E-state index contributed by atoms with van der Waals surface area (Å²) >= 11 is 0. The Morgan fingerprint density at radius 3 is 1.19 bits per heavy atom. The summed E-state index contributed by atoms with van der Waals surface area (Å²) in [7, 11) is 3.87. The summed E-state index contributed by atoms with van der Waals surface area (Å²) in [5.74, 6) is 0.867. The van der Waals surface area contributed by atoms with Crippen molar-refractivity contribution in [2.75, 3.05) is 24.7 Å². The Kier molecular flexibility index (Phi) is 13.7. The van der Waals surface area contributed by atoms with Crippen molar-refractivity contribution in [2.24, 2.45) is 0 Å². The maximum absolute atomic E-state index is 4.07. The fraction of sp³-hybridized carbons (Fsp3) is 0.474. The molecule has 2 rings (SSSR count). The van der Waals surface area contributed by atoms with Gasteiger partial charge in [-0.1, -0.05) is 40.2 Å². The van der Waals surface area contributed by atoms with Crippen molar-refractivity contribution in [3.63, 3.8) is 0 Å². The first kappa shape index (κ1) is 36.6. The Morgan fingerprint density at radius 2 is 0.810 bits per heavy atom. The highest BCUT2D eigenvalue weighted by Gasteiger charge is 2.21. The molecule has 4 N–H and O–H groups in total. The van der Waals surface area contributed by atoms with E-state index in [0.29, 0.717) is 11.8 Å². The highest BCUT2D eigenvalue weighted by Crippen LogP contribution is 2.39. The first-order chi connectivity index (χ1) is 19.4. The zero-order valence-electron chi connectivity index (χ0n) is 29.4. The molecule has 0 radical (unpaired) electrons. The molecule has 0 bridgehead atoms. The Bertz CT molecular complexity index is 1310. The molecule has 4 nitrogen and oxygen atoms in total. The second-order valence-corrected chi connectivity index (χ2v) is 12.3. The van der Waals surface area contributed by atoms with Crippen LogP contribution in [0.2, 0.25) is 0 Å². The van der Waals surface area contributed by atoms with Gasteiger partial charge in [0.25, 0.3) is 0 Å². The Labute approximate surface area is 258 Å². The minimum Gasteiger partial charge on any atom is -0.392 e. The lowest BCUT2D eigenvalue weighted by Gasteiger charge is -2.26. The van der Waals surface area contributed by atoms with Gasteiger partial charge in [0.1, 0.15) is 0 Å². The predicted octanol–water partition coefficient (Wildman–Crippen LogP) is 10.2. The van der Waals surface area contributed by atoms with Crippen molar-refractivity contribution in [3.05, 3.63) is 105 Å². The van der Waals surface area contributed by atoms with Crippen LogP contribution in [0.1, 0.15) is 108 Å². The van der Waals surface area contributed by atoms with Gasteiger partial charge in [-0.3, -0.25) is 0 Å². The summed E-state index contributed by atoms with van der Waals surface area (Å²) in [6.45, 7) is 42.3. The first-order valence-corrected chi connectivity index (χ1v) is 15.2. The van der Waals surface area contributed by atoms with E-state index in [9.17, 15) is 0 Å². The summed E-state index contributed by atoms with van der Waals surface area (Å²) < 4.78 is 0. The van der Waals surface area contributed by atoms with E-state index in [-0.39, 0.29) is 0 Å². The quantitative estimate of drug-likeness (QED) is 0.204. The lowest BCUT2D eigenvalue weighted by molar-refractivity contribution is 0.703. The maximum Gasteiger partial charge on any atom is 0.0452 e. The van der Waals surface area contributed by atoms with Gasteiger partial charge in [0.15, 0.2) is 0 Å². The molecule has 0 heterocycles. The lowest BCUT2D eigenvalue weighted by Crippen LogP contribution is -2.13. The van der Waals surface area contributed by atoms with Crippen molar-refractivity contribution in [3.8, 4) is 0 Å². The van der Waals surface area contributed by atoms with E-state index in [2.05, 4.69) is 117 Å². The molecule has 2 unspecified atom stereocenters. The van der Waals surface area contributed by atoms with Gasteiger partial charge in [0, 0.05) is 48.3 Å². The molecule has 0 fully saturated rings. The van der Waals surface area contributed by atoms with E-state index in [1.165, 1.54) is 67.0 Å². The van der Waals surface area contributed by atoms with Crippen molar-refractivity contribution in [1.29, 1.82) is 0 Å². The zero-order valence-corrected chi connectivity index (χ0v) is 29.4. The number of hydrogen-bond donors (Lipinski definition) is 4. The van der Waals surface area contributed by atoms with Crippen LogP contribution in [0.4, 0.5) is 11.4 Å². The summed E-state index contributed by atoms with van der Waals surface area (Å²) in [6, 6.07) is 0. The average Bonchev–Trinajstić information content (AvgIpc) is 2.91. The van der Waals surface area contributed by atoms with Crippen molar-refractivity contribution < 1.29 is 0 Å². The third-order valence-electron chi connectivity index (χ3n) is 8.89. The molecule has 2 atom stereocenters. The van der Waals surface area contributed by atoms with Crippen LogP contribution >= 0.6 is 0 Å². The van der Waals surface area contributed by atoms with Gasteiger partial charge >= 0.3 is 0 Å². The van der Waals surface area contributed by atoms with Gasteiger partial charge in [0.05, 0.1) is 0 Å². The van der Waals surface area contributed by atoms with Crippen molar-refractivity contribution in [1.82, 2.24) is 10.6 Å². The molecular formula is C38H60N4. The Hall–Kier alpha value is -3.40. The van der Waals surface area contributed by atoms with E-state index in [1.807, 2.05) is 27.9 Å². The molecular weight excluding hydrogens is 512 g/mol. The fourth-order valence-corrected chi connectivity index (χ4v) is 5.96. The first-order valence-electron chi connectivity index (χ1n) is 15.2. The van der Waals surface area contributed by atoms with Crippen LogP contribution in [-0.2, 0) is 0 Å². The number of hydrogen-bond acceptors (Lipinski definition) is 4. The van der Waals surface area contributed by atoms with E-state index in [1.54, 1.807) is 0 Å². The topological polar surface area (TPSA) is 48.1 Å². The molecule has 0 saturated heterocycles. The van der Waals surface area contributed by atoms with Crippen LogP contribution in [0.25, 0.3) is 0 Å². The van der Waals surface area contributed by atoms with E-state index in [0.717, 1.165) is 35.6 Å². The number of allylic oxidation sites excluding steroid dienone is 4. The molecule has 0 spiro atoms. The Morgan fingerprint density at radius 1 is 0.500 bits per heavy atom. The predicted molar refractivity (Wildman–Crippen MR) is 190 cm³/mol. The largest absolute Gasteiger partial charge is 0.392 e. The standard InChI is InChI=1S/2C19H30N2/c1-11(2)21-19-16(7)14(5)18(15(6)17(19)8)12(3)10-13(4)20-9;1-11(2)21-19-17(8)15(6)14(5)16(7)18(19)12(3)10-13(4)20-9/h2*12,20-21H,1,4,10H2,2-3,5-9H3. The summed E-state index contributed by atoms with van der Waals surface area (Å²) in [5.41, 5.74) is 20.2. The molecule has 2 aromatic carbocycles. The maximum atomic E-state index is 4.07. The van der Waals surface area contributed by atoms with E-state index < -0.39 is 0 Å². The highest BCUT2D eigenvalue weighted by molar-refractivity contribution is 5.68. The molecule has 0 aliphatic carbocycles. The van der Waals surface area contributed by atoms with Crippen LogP contribution in [0.5, 0.6) is 0 Å².